The summed E-state index contributed by atoms with van der Waals surface area (Å²) in [5, 5.41) is 23.5. The number of hydrogen-bond acceptors (Lipinski definition) is 7. The van der Waals surface area contributed by atoms with Gasteiger partial charge in [0.05, 0.1) is 37.9 Å². The van der Waals surface area contributed by atoms with Crippen LogP contribution in [0.3, 0.4) is 0 Å². The molecule has 4 atom stereocenters. The van der Waals surface area contributed by atoms with E-state index in [0.29, 0.717) is 12.8 Å². The molecule has 0 spiro atoms. The lowest BCUT2D eigenvalue weighted by Crippen LogP contribution is -2.46. The first kappa shape index (κ1) is 36.9. The number of amides is 1. The van der Waals surface area contributed by atoms with Crippen molar-refractivity contribution in [2.24, 2.45) is 5.73 Å². The van der Waals surface area contributed by atoms with E-state index < -0.39 is 38.6 Å². The van der Waals surface area contributed by atoms with Crippen molar-refractivity contribution in [1.29, 1.82) is 0 Å². The second kappa shape index (κ2) is 24.9. The highest BCUT2D eigenvalue weighted by molar-refractivity contribution is 7.47. The lowest BCUT2D eigenvalue weighted by molar-refractivity contribution is -0.124. The Labute approximate surface area is 230 Å². The normalized spacial score (nSPS) is 16.1. The van der Waals surface area contributed by atoms with Crippen LogP contribution < -0.4 is 11.1 Å². The van der Waals surface area contributed by atoms with Crippen LogP contribution in [-0.4, -0.2) is 59.0 Å². The number of unbranched alkanes of at least 4 members (excludes halogenated alkanes) is 10. The lowest BCUT2D eigenvalue weighted by atomic mass is 10.0. The van der Waals surface area contributed by atoms with Crippen molar-refractivity contribution in [2.45, 2.75) is 128 Å². The Morgan fingerprint density at radius 1 is 0.895 bits per heavy atom. The number of rotatable bonds is 26. The molecule has 4 unspecified atom stereocenters. The number of phosphoric ester groups is 1. The van der Waals surface area contributed by atoms with E-state index in [0.717, 1.165) is 38.5 Å². The minimum absolute atomic E-state index is 0.0446. The van der Waals surface area contributed by atoms with Crippen LogP contribution in [0.1, 0.15) is 110 Å². The van der Waals surface area contributed by atoms with Crippen molar-refractivity contribution >= 4 is 13.7 Å². The number of nitrogens with one attached hydrogen (secondary N) is 1. The molecule has 10 heteroatoms. The molecule has 0 bridgehead atoms. The van der Waals surface area contributed by atoms with Gasteiger partial charge >= 0.3 is 7.82 Å². The van der Waals surface area contributed by atoms with Gasteiger partial charge in [-0.25, -0.2) is 4.57 Å². The fourth-order valence-electron chi connectivity index (χ4n) is 3.84. The Morgan fingerprint density at radius 3 is 2.13 bits per heavy atom. The average Bonchev–Trinajstić information content (AvgIpc) is 2.88. The molecule has 0 rings (SSSR count). The number of carbonyl (C=O) groups is 1. The molecule has 0 aliphatic heterocycles. The summed E-state index contributed by atoms with van der Waals surface area (Å²) < 4.78 is 21.7. The quantitative estimate of drug-likeness (QED) is 0.0542. The topological polar surface area (TPSA) is 151 Å². The van der Waals surface area contributed by atoms with Crippen LogP contribution in [0.5, 0.6) is 0 Å². The number of nitrogens with two attached hydrogens (primary N) is 1. The molecule has 0 fully saturated rings. The highest BCUT2D eigenvalue weighted by Crippen LogP contribution is 2.43. The number of hydrogen-bond donors (Lipinski definition) is 5. The van der Waals surface area contributed by atoms with Gasteiger partial charge in [-0.1, -0.05) is 102 Å². The average molecular weight is 563 g/mol. The van der Waals surface area contributed by atoms with Crippen molar-refractivity contribution in [2.75, 3.05) is 19.8 Å². The summed E-state index contributed by atoms with van der Waals surface area (Å²) in [6.07, 6.45) is 20.2. The first-order chi connectivity index (χ1) is 18.3. The van der Waals surface area contributed by atoms with Gasteiger partial charge in [-0.2, -0.15) is 0 Å². The lowest BCUT2D eigenvalue weighted by Gasteiger charge is -2.24. The number of aliphatic hydroxyl groups is 2. The highest BCUT2D eigenvalue weighted by atomic mass is 31.2. The third kappa shape index (κ3) is 22.9. The summed E-state index contributed by atoms with van der Waals surface area (Å²) in [6.45, 7) is 3.76. The molecule has 224 valence electrons. The molecular weight excluding hydrogens is 507 g/mol. The van der Waals surface area contributed by atoms with Gasteiger partial charge in [-0.05, 0) is 25.7 Å². The monoisotopic (exact) mass is 562 g/mol. The largest absolute Gasteiger partial charge is 0.472 e. The Kier molecular flexibility index (Phi) is 24.2. The standard InChI is InChI=1S/C28H55N2O7P/c1-3-5-7-9-11-12-14-15-17-19-25(31)23-28(33)30-26(24-37-38(34,35)36-22-21-29)27(32)20-18-16-13-10-8-6-4-2/h8,10,18,20,25-27,31-32H,3-7,9,11-17,19,21-24,29H2,1-2H3,(H,30,33)(H,34,35)/b10-8+,20-18+. The van der Waals surface area contributed by atoms with E-state index in [1.54, 1.807) is 6.08 Å². The summed E-state index contributed by atoms with van der Waals surface area (Å²) in [4.78, 5) is 22.3. The molecule has 0 heterocycles. The van der Waals surface area contributed by atoms with Crippen LogP contribution in [0.25, 0.3) is 0 Å². The molecule has 38 heavy (non-hydrogen) atoms. The maximum Gasteiger partial charge on any atom is 0.472 e. The van der Waals surface area contributed by atoms with Crippen LogP contribution in [0.15, 0.2) is 24.3 Å². The molecular formula is C28H55N2O7P. The summed E-state index contributed by atoms with van der Waals surface area (Å²) >= 11 is 0. The van der Waals surface area contributed by atoms with Crippen LogP contribution in [-0.2, 0) is 18.4 Å². The second-order valence-electron chi connectivity index (χ2n) is 9.79. The molecule has 0 aliphatic carbocycles. The molecule has 0 aromatic carbocycles. The molecule has 0 saturated heterocycles. The Balaban J connectivity index is 4.63. The zero-order valence-corrected chi connectivity index (χ0v) is 24.7. The van der Waals surface area contributed by atoms with E-state index >= 15 is 0 Å². The van der Waals surface area contributed by atoms with Crippen LogP contribution in [0.4, 0.5) is 0 Å². The van der Waals surface area contributed by atoms with E-state index in [1.807, 2.05) is 0 Å². The van der Waals surface area contributed by atoms with Crippen molar-refractivity contribution in [3.8, 4) is 0 Å². The van der Waals surface area contributed by atoms with E-state index in [-0.39, 0.29) is 19.6 Å². The zero-order valence-electron chi connectivity index (χ0n) is 23.8. The van der Waals surface area contributed by atoms with Crippen molar-refractivity contribution < 1.29 is 33.5 Å². The Morgan fingerprint density at radius 2 is 1.50 bits per heavy atom. The first-order valence-electron chi connectivity index (χ1n) is 14.5. The molecule has 0 radical (unpaired) electrons. The van der Waals surface area contributed by atoms with Crippen LogP contribution in [0, 0.1) is 0 Å². The third-order valence-electron chi connectivity index (χ3n) is 6.07. The number of allylic oxidation sites excluding steroid dienone is 3. The van der Waals surface area contributed by atoms with Gasteiger partial charge in [0, 0.05) is 6.54 Å². The Bertz CT molecular complexity index is 676. The summed E-state index contributed by atoms with van der Waals surface area (Å²) in [5.41, 5.74) is 5.29. The maximum absolute atomic E-state index is 12.6. The molecule has 6 N–H and O–H groups in total. The zero-order chi connectivity index (χ0) is 28.5. The Hall–Kier alpha value is -1.06. The van der Waals surface area contributed by atoms with E-state index in [1.165, 1.54) is 44.6 Å². The van der Waals surface area contributed by atoms with Crippen LogP contribution >= 0.6 is 7.82 Å². The van der Waals surface area contributed by atoms with Crippen molar-refractivity contribution in [3.63, 3.8) is 0 Å². The van der Waals surface area contributed by atoms with Crippen molar-refractivity contribution in [3.05, 3.63) is 24.3 Å². The number of aliphatic hydroxyl groups excluding tert-OH is 2. The molecule has 0 aliphatic rings. The second-order valence-corrected chi connectivity index (χ2v) is 11.2. The van der Waals surface area contributed by atoms with E-state index in [4.69, 9.17) is 14.8 Å². The smallest absolute Gasteiger partial charge is 0.393 e. The van der Waals surface area contributed by atoms with E-state index in [9.17, 15) is 24.5 Å². The molecule has 0 aromatic heterocycles. The summed E-state index contributed by atoms with van der Waals surface area (Å²) in [5.74, 6) is -0.465. The molecule has 1 amide bonds. The SMILES string of the molecule is CCC/C=C/CC/C=C/C(O)C(COP(=O)(O)OCCN)NC(=O)CC(O)CCCCCCCCCCC. The fourth-order valence-corrected chi connectivity index (χ4v) is 4.60. The van der Waals surface area contributed by atoms with Crippen LogP contribution in [0.2, 0.25) is 0 Å². The minimum atomic E-state index is -4.38. The minimum Gasteiger partial charge on any atom is -0.393 e. The van der Waals surface area contributed by atoms with Gasteiger partial charge < -0.3 is 26.2 Å². The van der Waals surface area contributed by atoms with Gasteiger partial charge in [0.25, 0.3) is 0 Å². The third-order valence-corrected chi connectivity index (χ3v) is 7.05. The molecule has 0 saturated carbocycles. The summed E-state index contributed by atoms with van der Waals surface area (Å²) in [7, 11) is -4.38. The fraction of sp³-hybridized carbons (Fsp3) is 0.821. The molecule has 9 nitrogen and oxygen atoms in total. The predicted molar refractivity (Wildman–Crippen MR) is 154 cm³/mol. The molecule has 0 aromatic rings. The van der Waals surface area contributed by atoms with Gasteiger partial charge in [-0.15, -0.1) is 0 Å². The number of carbonyl (C=O) groups excluding carboxylic acids is 1. The predicted octanol–water partition coefficient (Wildman–Crippen LogP) is 5.29. The summed E-state index contributed by atoms with van der Waals surface area (Å²) in [6, 6.07) is -0.990. The van der Waals surface area contributed by atoms with Crippen molar-refractivity contribution in [1.82, 2.24) is 5.32 Å². The highest BCUT2D eigenvalue weighted by Gasteiger charge is 2.27. The maximum atomic E-state index is 12.6. The van der Waals surface area contributed by atoms with Gasteiger partial charge in [0.15, 0.2) is 0 Å². The van der Waals surface area contributed by atoms with Gasteiger partial charge in [0.1, 0.15) is 0 Å². The van der Waals surface area contributed by atoms with Gasteiger partial charge in [-0.3, -0.25) is 13.8 Å². The first-order valence-corrected chi connectivity index (χ1v) is 16.0. The van der Waals surface area contributed by atoms with E-state index in [2.05, 4.69) is 31.3 Å². The number of phosphoric acid groups is 1. The van der Waals surface area contributed by atoms with Gasteiger partial charge in [0.2, 0.25) is 5.91 Å².